The van der Waals surface area contributed by atoms with E-state index in [1.807, 2.05) is 0 Å². The molecule has 2 saturated heterocycles. The maximum Gasteiger partial charge on any atom is 0.240 e. The zero-order chi connectivity index (χ0) is 17.8. The Morgan fingerprint density at radius 3 is 3.04 bits per heavy atom. The number of anilines is 1. The molecule has 0 saturated carbocycles. The van der Waals surface area contributed by atoms with Gasteiger partial charge >= 0.3 is 0 Å². The van der Waals surface area contributed by atoms with Crippen molar-refractivity contribution in [1.29, 1.82) is 0 Å². The predicted molar refractivity (Wildman–Crippen MR) is 101 cm³/mol. The zero-order valence-electron chi connectivity index (χ0n) is 13.3. The third kappa shape index (κ3) is 4.88. The molecule has 2 aliphatic heterocycles. The molecule has 0 radical (unpaired) electrons. The smallest absolute Gasteiger partial charge is 0.240 e. The molecule has 2 fully saturated rings. The maximum absolute atomic E-state index is 12.2. The van der Waals surface area contributed by atoms with Gasteiger partial charge in [-0.05, 0) is 25.0 Å². The van der Waals surface area contributed by atoms with Crippen LogP contribution in [0.15, 0.2) is 23.2 Å². The molecule has 2 N–H and O–H groups in total. The van der Waals surface area contributed by atoms with E-state index >= 15 is 0 Å². The highest BCUT2D eigenvalue weighted by Gasteiger charge is 2.32. The molecule has 2 unspecified atom stereocenters. The first kappa shape index (κ1) is 18.5. The average molecular weight is 402 g/mol. The lowest BCUT2D eigenvalue weighted by Crippen LogP contribution is -2.28. The van der Waals surface area contributed by atoms with Crippen LogP contribution < -0.4 is 10.6 Å². The Kier molecular flexibility index (Phi) is 6.22. The number of rotatable bonds is 5. The van der Waals surface area contributed by atoms with Crippen molar-refractivity contribution in [3.8, 4) is 0 Å². The highest BCUT2D eigenvalue weighted by Crippen LogP contribution is 2.30. The van der Waals surface area contributed by atoms with Crippen LogP contribution in [0.3, 0.4) is 0 Å². The van der Waals surface area contributed by atoms with Crippen LogP contribution in [-0.2, 0) is 14.3 Å². The lowest BCUT2D eigenvalue weighted by molar-refractivity contribution is -0.122. The van der Waals surface area contributed by atoms with Gasteiger partial charge in [0.2, 0.25) is 11.8 Å². The fourth-order valence-corrected chi connectivity index (χ4v) is 3.88. The minimum absolute atomic E-state index is 0.0261. The predicted octanol–water partition coefficient (Wildman–Crippen LogP) is 3.09. The number of hydrogen-bond acceptors (Lipinski definition) is 5. The van der Waals surface area contributed by atoms with Crippen LogP contribution in [0.2, 0.25) is 10.0 Å². The fraction of sp³-hybridized carbons (Fsp3) is 0.438. The average Bonchev–Trinajstić information content (AvgIpc) is 3.20. The van der Waals surface area contributed by atoms with Crippen molar-refractivity contribution in [3.05, 3.63) is 28.2 Å². The van der Waals surface area contributed by atoms with E-state index < -0.39 is 5.25 Å². The van der Waals surface area contributed by atoms with Crippen LogP contribution in [0, 0.1) is 0 Å². The molecule has 2 aliphatic rings. The van der Waals surface area contributed by atoms with E-state index in [0.29, 0.717) is 22.4 Å². The van der Waals surface area contributed by atoms with E-state index in [9.17, 15) is 9.59 Å². The molecule has 2 heterocycles. The van der Waals surface area contributed by atoms with E-state index in [4.69, 9.17) is 27.9 Å². The Labute approximate surface area is 159 Å². The lowest BCUT2D eigenvalue weighted by atomic mass is 10.2. The molecule has 0 bridgehead atoms. The summed E-state index contributed by atoms with van der Waals surface area (Å²) in [6, 6.07) is 4.98. The highest BCUT2D eigenvalue weighted by atomic mass is 35.5. The molecule has 1 aromatic rings. The number of carbonyl (C=O) groups excluding carboxylic acids is 2. The number of thioether (sulfide) groups is 1. The largest absolute Gasteiger partial charge is 0.376 e. The van der Waals surface area contributed by atoms with Crippen LogP contribution >= 0.6 is 35.0 Å². The van der Waals surface area contributed by atoms with Crippen molar-refractivity contribution in [3.63, 3.8) is 0 Å². The number of hydrogen-bond donors (Lipinski definition) is 2. The van der Waals surface area contributed by atoms with Gasteiger partial charge in [-0.2, -0.15) is 0 Å². The third-order valence-electron chi connectivity index (χ3n) is 3.84. The summed E-state index contributed by atoms with van der Waals surface area (Å²) in [7, 11) is 0. The molecule has 0 aromatic heterocycles. The van der Waals surface area contributed by atoms with Gasteiger partial charge in [0.1, 0.15) is 5.25 Å². The van der Waals surface area contributed by atoms with Gasteiger partial charge in [0.25, 0.3) is 0 Å². The number of nitrogens with one attached hydrogen (secondary N) is 2. The van der Waals surface area contributed by atoms with Gasteiger partial charge in [-0.25, -0.2) is 0 Å². The number of carbonyl (C=O) groups is 2. The Balaban J connectivity index is 1.53. The van der Waals surface area contributed by atoms with Gasteiger partial charge in [0.15, 0.2) is 5.17 Å². The molecular formula is C16H17Cl2N3O3S. The van der Waals surface area contributed by atoms with Crippen molar-refractivity contribution in [2.24, 2.45) is 4.99 Å². The fourth-order valence-electron chi connectivity index (χ4n) is 2.56. The Morgan fingerprint density at radius 1 is 1.44 bits per heavy atom. The summed E-state index contributed by atoms with van der Waals surface area (Å²) in [5.74, 6) is -0.527. The number of amides is 2. The SMILES string of the molecule is O=C(CC1SC(=NCC2CCCO2)NC1=O)Nc1cccc(Cl)c1Cl. The third-order valence-corrected chi connectivity index (χ3v) is 5.77. The molecular weight excluding hydrogens is 385 g/mol. The van der Waals surface area contributed by atoms with Gasteiger partial charge in [-0.15, -0.1) is 0 Å². The molecule has 25 heavy (non-hydrogen) atoms. The van der Waals surface area contributed by atoms with Crippen molar-refractivity contribution >= 4 is 57.6 Å². The van der Waals surface area contributed by atoms with Crippen LogP contribution in [0.5, 0.6) is 0 Å². The summed E-state index contributed by atoms with van der Waals surface area (Å²) < 4.78 is 5.50. The van der Waals surface area contributed by atoms with Crippen molar-refractivity contribution in [1.82, 2.24) is 5.32 Å². The standard InChI is InChI=1S/C16H17Cl2N3O3S/c17-10-4-1-5-11(14(10)18)20-13(22)7-12-15(23)21-16(25-12)19-8-9-3-2-6-24-9/h1,4-5,9,12H,2-3,6-8H2,(H,20,22)(H,19,21,23). The van der Waals surface area contributed by atoms with Crippen molar-refractivity contribution in [2.75, 3.05) is 18.5 Å². The van der Waals surface area contributed by atoms with Crippen LogP contribution in [-0.4, -0.2) is 41.5 Å². The van der Waals surface area contributed by atoms with Crippen LogP contribution in [0.4, 0.5) is 5.69 Å². The second-order valence-corrected chi connectivity index (χ2v) is 7.71. The number of halogens is 2. The Morgan fingerprint density at radius 2 is 2.28 bits per heavy atom. The quantitative estimate of drug-likeness (QED) is 0.794. The summed E-state index contributed by atoms with van der Waals surface area (Å²) in [6.07, 6.45) is 2.18. The molecule has 3 rings (SSSR count). The molecule has 9 heteroatoms. The summed E-state index contributed by atoms with van der Waals surface area (Å²) in [4.78, 5) is 28.6. The Hall–Kier alpha value is -1.28. The Bertz CT molecular complexity index is 708. The minimum atomic E-state index is -0.513. The molecule has 2 amide bonds. The first-order chi connectivity index (χ1) is 12.0. The van der Waals surface area contributed by atoms with Gasteiger partial charge in [-0.1, -0.05) is 41.0 Å². The highest BCUT2D eigenvalue weighted by molar-refractivity contribution is 8.15. The zero-order valence-corrected chi connectivity index (χ0v) is 15.6. The number of aliphatic imine (C=N–C) groups is 1. The maximum atomic E-state index is 12.2. The summed E-state index contributed by atoms with van der Waals surface area (Å²) >= 11 is 13.2. The molecule has 2 atom stereocenters. The van der Waals surface area contributed by atoms with Crippen molar-refractivity contribution < 1.29 is 14.3 Å². The van der Waals surface area contributed by atoms with E-state index in [0.717, 1.165) is 19.4 Å². The lowest BCUT2D eigenvalue weighted by Gasteiger charge is -2.09. The second-order valence-electron chi connectivity index (χ2n) is 5.73. The number of ether oxygens (including phenoxy) is 1. The summed E-state index contributed by atoms with van der Waals surface area (Å²) in [5.41, 5.74) is 0.426. The summed E-state index contributed by atoms with van der Waals surface area (Å²) in [6.45, 7) is 1.30. The topological polar surface area (TPSA) is 79.8 Å². The molecule has 1 aromatic carbocycles. The van der Waals surface area contributed by atoms with Crippen LogP contribution in [0.25, 0.3) is 0 Å². The van der Waals surface area contributed by atoms with Gasteiger partial charge < -0.3 is 15.4 Å². The minimum Gasteiger partial charge on any atom is -0.376 e. The van der Waals surface area contributed by atoms with E-state index in [2.05, 4.69) is 15.6 Å². The monoisotopic (exact) mass is 401 g/mol. The van der Waals surface area contributed by atoms with Gasteiger partial charge in [0.05, 0.1) is 28.4 Å². The molecule has 134 valence electrons. The van der Waals surface area contributed by atoms with Gasteiger partial charge in [0, 0.05) is 13.0 Å². The van der Waals surface area contributed by atoms with Gasteiger partial charge in [-0.3, -0.25) is 14.6 Å². The van der Waals surface area contributed by atoms with E-state index in [-0.39, 0.29) is 29.4 Å². The first-order valence-corrected chi connectivity index (χ1v) is 9.54. The normalized spacial score (nSPS) is 24.6. The molecule has 6 nitrogen and oxygen atoms in total. The number of benzene rings is 1. The first-order valence-electron chi connectivity index (χ1n) is 7.90. The number of amidine groups is 1. The van der Waals surface area contributed by atoms with Crippen LogP contribution in [0.1, 0.15) is 19.3 Å². The van der Waals surface area contributed by atoms with E-state index in [1.54, 1.807) is 18.2 Å². The summed E-state index contributed by atoms with van der Waals surface area (Å²) in [5, 5.41) is 6.05. The second kappa shape index (κ2) is 8.40. The van der Waals surface area contributed by atoms with Crippen molar-refractivity contribution in [2.45, 2.75) is 30.6 Å². The number of nitrogens with zero attached hydrogens (tertiary/aromatic N) is 1. The molecule has 0 spiro atoms. The van der Waals surface area contributed by atoms with E-state index in [1.165, 1.54) is 11.8 Å². The molecule has 0 aliphatic carbocycles.